The topological polar surface area (TPSA) is 90.6 Å². The third kappa shape index (κ3) is 6.07. The van der Waals surface area contributed by atoms with Crippen molar-refractivity contribution in [2.75, 3.05) is 20.0 Å². The second-order valence-electron chi connectivity index (χ2n) is 7.56. The van der Waals surface area contributed by atoms with Crippen LogP contribution in [0.4, 0.5) is 0 Å². The van der Waals surface area contributed by atoms with Gasteiger partial charge in [0.25, 0.3) is 5.91 Å². The van der Waals surface area contributed by atoms with Gasteiger partial charge in [0.1, 0.15) is 11.5 Å². The third-order valence-electron chi connectivity index (χ3n) is 5.12. The molecular formula is C26H25N5O3S. The second kappa shape index (κ2) is 11.3. The summed E-state index contributed by atoms with van der Waals surface area (Å²) in [4.78, 5) is 12.4. The molecule has 4 aromatic rings. The fourth-order valence-electron chi connectivity index (χ4n) is 3.25. The molecule has 4 rings (SSSR count). The van der Waals surface area contributed by atoms with Crippen LogP contribution < -0.4 is 14.9 Å². The number of rotatable bonds is 9. The summed E-state index contributed by atoms with van der Waals surface area (Å²) < 4.78 is 12.3. The Labute approximate surface area is 208 Å². The van der Waals surface area contributed by atoms with Crippen LogP contribution in [0.15, 0.2) is 83.1 Å². The van der Waals surface area contributed by atoms with E-state index in [1.165, 1.54) is 11.8 Å². The second-order valence-corrected chi connectivity index (χ2v) is 8.50. The van der Waals surface area contributed by atoms with Gasteiger partial charge in [-0.2, -0.15) is 5.10 Å². The van der Waals surface area contributed by atoms with Gasteiger partial charge < -0.3 is 9.47 Å². The van der Waals surface area contributed by atoms with Crippen molar-refractivity contribution in [2.45, 2.75) is 12.1 Å². The lowest BCUT2D eigenvalue weighted by molar-refractivity contribution is -0.118. The number of thioether (sulfide) groups is 1. The number of nitrogens with zero attached hydrogens (tertiary/aromatic N) is 4. The maximum atomic E-state index is 12.4. The zero-order chi connectivity index (χ0) is 24.6. The molecule has 0 saturated carbocycles. The molecule has 1 heterocycles. The Morgan fingerprint density at radius 2 is 1.57 bits per heavy atom. The molecule has 1 aromatic heterocycles. The summed E-state index contributed by atoms with van der Waals surface area (Å²) in [6.07, 6.45) is 1.58. The number of methoxy groups -OCH3 is 2. The van der Waals surface area contributed by atoms with Crippen molar-refractivity contribution in [1.82, 2.24) is 20.2 Å². The van der Waals surface area contributed by atoms with Gasteiger partial charge in [-0.3, -0.25) is 9.36 Å². The number of hydrogen-bond acceptors (Lipinski definition) is 7. The highest BCUT2D eigenvalue weighted by molar-refractivity contribution is 7.99. The van der Waals surface area contributed by atoms with Gasteiger partial charge in [-0.25, -0.2) is 5.43 Å². The molecule has 0 saturated heterocycles. The van der Waals surface area contributed by atoms with E-state index in [0.717, 1.165) is 33.9 Å². The van der Waals surface area contributed by atoms with Crippen LogP contribution in [-0.4, -0.2) is 46.9 Å². The number of hydrogen-bond donors (Lipinski definition) is 1. The molecule has 0 spiro atoms. The summed E-state index contributed by atoms with van der Waals surface area (Å²) >= 11 is 1.29. The Balaban J connectivity index is 1.49. The van der Waals surface area contributed by atoms with Crippen molar-refractivity contribution in [3.05, 3.63) is 83.9 Å². The standard InChI is InChI=1S/C26H25N5O3S/c1-18-4-10-21(11-5-18)31-25(20-8-14-23(34-3)15-9-20)29-30-26(31)35-17-24(32)28-27-16-19-6-12-22(33-2)13-7-19/h4-16H,17H2,1-3H3,(H,28,32). The minimum Gasteiger partial charge on any atom is -0.497 e. The number of nitrogens with one attached hydrogen (secondary N) is 1. The number of aryl methyl sites for hydroxylation is 1. The van der Waals surface area contributed by atoms with Gasteiger partial charge in [0.05, 0.1) is 26.2 Å². The van der Waals surface area contributed by atoms with E-state index < -0.39 is 0 Å². The molecule has 35 heavy (non-hydrogen) atoms. The van der Waals surface area contributed by atoms with Crippen LogP contribution in [-0.2, 0) is 4.79 Å². The van der Waals surface area contributed by atoms with Gasteiger partial charge >= 0.3 is 0 Å². The number of hydrazone groups is 1. The fourth-order valence-corrected chi connectivity index (χ4v) is 3.99. The summed E-state index contributed by atoms with van der Waals surface area (Å²) in [5, 5.41) is 13.4. The van der Waals surface area contributed by atoms with Crippen LogP contribution in [0, 0.1) is 6.92 Å². The highest BCUT2D eigenvalue weighted by Gasteiger charge is 2.17. The van der Waals surface area contributed by atoms with Gasteiger partial charge in [0.2, 0.25) is 0 Å². The van der Waals surface area contributed by atoms with E-state index in [9.17, 15) is 4.79 Å². The van der Waals surface area contributed by atoms with Gasteiger partial charge in [-0.15, -0.1) is 10.2 Å². The lowest BCUT2D eigenvalue weighted by Gasteiger charge is -2.11. The van der Waals surface area contributed by atoms with E-state index in [4.69, 9.17) is 9.47 Å². The number of benzene rings is 3. The Bertz CT molecular complexity index is 1300. The summed E-state index contributed by atoms with van der Waals surface area (Å²) in [6.45, 7) is 2.03. The summed E-state index contributed by atoms with van der Waals surface area (Å²) in [5.41, 5.74) is 6.35. The monoisotopic (exact) mass is 487 g/mol. The highest BCUT2D eigenvalue weighted by Crippen LogP contribution is 2.29. The number of ether oxygens (including phenoxy) is 2. The third-order valence-corrected chi connectivity index (χ3v) is 6.05. The molecule has 0 unspecified atom stereocenters. The predicted octanol–water partition coefficient (Wildman–Crippen LogP) is 4.50. The van der Waals surface area contributed by atoms with Crippen LogP contribution in [0.2, 0.25) is 0 Å². The van der Waals surface area contributed by atoms with E-state index in [2.05, 4.69) is 20.7 Å². The maximum Gasteiger partial charge on any atom is 0.250 e. The quantitative estimate of drug-likeness (QED) is 0.212. The Morgan fingerprint density at radius 1 is 0.943 bits per heavy atom. The number of carbonyl (C=O) groups excluding carboxylic acids is 1. The van der Waals surface area contributed by atoms with Crippen molar-refractivity contribution < 1.29 is 14.3 Å². The molecule has 0 aliphatic heterocycles. The van der Waals surface area contributed by atoms with E-state index in [1.54, 1.807) is 20.4 Å². The molecule has 3 aromatic carbocycles. The Hall–Kier alpha value is -4.11. The van der Waals surface area contributed by atoms with Gasteiger partial charge in [0.15, 0.2) is 11.0 Å². The minimum atomic E-state index is -0.246. The first kappa shape index (κ1) is 24.0. The predicted molar refractivity (Wildman–Crippen MR) is 138 cm³/mol. The van der Waals surface area contributed by atoms with Crippen molar-refractivity contribution in [3.8, 4) is 28.6 Å². The molecular weight excluding hydrogens is 462 g/mol. The van der Waals surface area contributed by atoms with Crippen molar-refractivity contribution in [1.29, 1.82) is 0 Å². The van der Waals surface area contributed by atoms with Crippen molar-refractivity contribution >= 4 is 23.9 Å². The molecule has 0 bridgehead atoms. The highest BCUT2D eigenvalue weighted by atomic mass is 32.2. The molecule has 0 radical (unpaired) electrons. The SMILES string of the molecule is COc1ccc(C=NNC(=O)CSc2nnc(-c3ccc(OC)cc3)n2-c2ccc(C)cc2)cc1. The van der Waals surface area contributed by atoms with Crippen molar-refractivity contribution in [2.24, 2.45) is 5.10 Å². The molecule has 0 fully saturated rings. The molecule has 0 aliphatic carbocycles. The van der Waals surface area contributed by atoms with Gasteiger partial charge in [-0.05, 0) is 73.2 Å². The molecule has 8 nitrogen and oxygen atoms in total. The zero-order valence-corrected chi connectivity index (χ0v) is 20.5. The maximum absolute atomic E-state index is 12.4. The zero-order valence-electron chi connectivity index (χ0n) is 19.6. The summed E-state index contributed by atoms with van der Waals surface area (Å²) in [6, 6.07) is 23.1. The normalized spacial score (nSPS) is 10.9. The molecule has 1 N–H and O–H groups in total. The number of amides is 1. The summed E-state index contributed by atoms with van der Waals surface area (Å²) in [5.74, 6) is 2.08. The van der Waals surface area contributed by atoms with E-state index in [1.807, 2.05) is 84.3 Å². The van der Waals surface area contributed by atoms with Gasteiger partial charge in [0, 0.05) is 11.3 Å². The Morgan fingerprint density at radius 3 is 2.20 bits per heavy atom. The lowest BCUT2D eigenvalue weighted by atomic mass is 10.2. The molecule has 0 atom stereocenters. The Kier molecular flexibility index (Phi) is 7.79. The lowest BCUT2D eigenvalue weighted by Crippen LogP contribution is -2.20. The smallest absolute Gasteiger partial charge is 0.250 e. The van der Waals surface area contributed by atoms with E-state index in [0.29, 0.717) is 11.0 Å². The molecule has 0 aliphatic rings. The minimum absolute atomic E-state index is 0.132. The summed E-state index contributed by atoms with van der Waals surface area (Å²) in [7, 11) is 3.24. The van der Waals surface area contributed by atoms with Crippen LogP contribution in [0.3, 0.4) is 0 Å². The van der Waals surface area contributed by atoms with E-state index in [-0.39, 0.29) is 11.7 Å². The first-order valence-corrected chi connectivity index (χ1v) is 11.8. The van der Waals surface area contributed by atoms with E-state index >= 15 is 0 Å². The molecule has 178 valence electrons. The first-order valence-electron chi connectivity index (χ1n) is 10.8. The van der Waals surface area contributed by atoms with Crippen LogP contribution in [0.5, 0.6) is 11.5 Å². The van der Waals surface area contributed by atoms with Gasteiger partial charge in [-0.1, -0.05) is 29.5 Å². The average Bonchev–Trinajstić information content (AvgIpc) is 3.32. The number of aromatic nitrogens is 3. The van der Waals surface area contributed by atoms with Crippen molar-refractivity contribution in [3.63, 3.8) is 0 Å². The molecule has 9 heteroatoms. The number of carbonyl (C=O) groups is 1. The van der Waals surface area contributed by atoms with Crippen LogP contribution in [0.1, 0.15) is 11.1 Å². The first-order chi connectivity index (χ1) is 17.1. The van der Waals surface area contributed by atoms with Crippen LogP contribution in [0.25, 0.3) is 17.1 Å². The fraction of sp³-hybridized carbons (Fsp3) is 0.154. The molecule has 1 amide bonds. The van der Waals surface area contributed by atoms with Crippen LogP contribution >= 0.6 is 11.8 Å². The average molecular weight is 488 g/mol. The largest absolute Gasteiger partial charge is 0.497 e.